The van der Waals surface area contributed by atoms with Gasteiger partial charge < -0.3 is 9.88 Å². The van der Waals surface area contributed by atoms with Gasteiger partial charge in [0.2, 0.25) is 0 Å². The Morgan fingerprint density at radius 2 is 2.11 bits per heavy atom. The van der Waals surface area contributed by atoms with Crippen molar-refractivity contribution in [2.45, 2.75) is 57.8 Å². The van der Waals surface area contributed by atoms with E-state index in [1.807, 2.05) is 0 Å². The lowest BCUT2D eigenvalue weighted by Gasteiger charge is -2.16. The van der Waals surface area contributed by atoms with Crippen LogP contribution in [0, 0.1) is 0 Å². The molecule has 1 unspecified atom stereocenters. The lowest BCUT2D eigenvalue weighted by Crippen LogP contribution is -2.22. The van der Waals surface area contributed by atoms with Crippen LogP contribution < -0.4 is 5.32 Å². The summed E-state index contributed by atoms with van der Waals surface area (Å²) in [5.41, 5.74) is 2.14. The first kappa shape index (κ1) is 14.4. The van der Waals surface area contributed by atoms with Crippen molar-refractivity contribution in [3.63, 3.8) is 0 Å². The van der Waals surface area contributed by atoms with E-state index in [2.05, 4.69) is 12.2 Å². The minimum atomic E-state index is -4.15. The quantitative estimate of drug-likeness (QED) is 0.826. The molecule has 2 rings (SSSR count). The van der Waals surface area contributed by atoms with Gasteiger partial charge in [0.15, 0.2) is 0 Å². The molecule has 1 aliphatic carbocycles. The van der Waals surface area contributed by atoms with Crippen LogP contribution in [-0.2, 0) is 13.0 Å². The summed E-state index contributed by atoms with van der Waals surface area (Å²) in [5.74, 6) is 0. The summed E-state index contributed by atoms with van der Waals surface area (Å²) < 4.78 is 38.6. The van der Waals surface area contributed by atoms with E-state index in [1.54, 1.807) is 12.4 Å². The number of aryl methyl sites for hydroxylation is 1. The number of rotatable bonds is 4. The molecule has 1 aromatic heterocycles. The molecule has 0 aromatic carbocycles. The van der Waals surface area contributed by atoms with E-state index in [0.29, 0.717) is 0 Å². The third-order valence-corrected chi connectivity index (χ3v) is 3.56. The van der Waals surface area contributed by atoms with Crippen LogP contribution in [0.5, 0.6) is 0 Å². The lowest BCUT2D eigenvalue weighted by molar-refractivity contribution is -0.140. The summed E-state index contributed by atoms with van der Waals surface area (Å²) in [4.78, 5) is 0. The Morgan fingerprint density at radius 3 is 2.79 bits per heavy atom. The van der Waals surface area contributed by atoms with E-state index in [1.165, 1.54) is 4.57 Å². The van der Waals surface area contributed by atoms with E-state index >= 15 is 0 Å². The van der Waals surface area contributed by atoms with Gasteiger partial charge in [-0.25, -0.2) is 0 Å². The standard InChI is InChI=1S/C14H21F3N2/c1-2-7-18-13-6-4-3-5-11-8-19(9-12(11)13)10-14(15,16)17/h8-9,13,18H,2-7,10H2,1H3. The Balaban J connectivity index is 2.17. The second kappa shape index (κ2) is 5.99. The van der Waals surface area contributed by atoms with Crippen molar-refractivity contribution in [2.75, 3.05) is 6.54 Å². The maximum absolute atomic E-state index is 12.4. The average Bonchev–Trinajstić information content (AvgIpc) is 2.59. The summed E-state index contributed by atoms with van der Waals surface area (Å²) in [6, 6.07) is 0.215. The molecule has 1 heterocycles. The minimum Gasteiger partial charge on any atom is -0.345 e. The van der Waals surface area contributed by atoms with Gasteiger partial charge in [0.1, 0.15) is 6.54 Å². The number of nitrogens with one attached hydrogen (secondary N) is 1. The van der Waals surface area contributed by atoms with Gasteiger partial charge >= 0.3 is 6.18 Å². The SMILES string of the molecule is CCCNC1CCCCc2cn(CC(F)(F)F)cc21. The molecule has 0 saturated heterocycles. The molecule has 0 aliphatic heterocycles. The molecule has 1 aromatic rings. The van der Waals surface area contributed by atoms with E-state index in [0.717, 1.165) is 49.8 Å². The molecule has 2 nitrogen and oxygen atoms in total. The highest BCUT2D eigenvalue weighted by atomic mass is 19.4. The van der Waals surface area contributed by atoms with Crippen molar-refractivity contribution in [1.29, 1.82) is 0 Å². The first-order valence-corrected chi connectivity index (χ1v) is 6.98. The van der Waals surface area contributed by atoms with Crippen LogP contribution in [-0.4, -0.2) is 17.3 Å². The number of aromatic nitrogens is 1. The Hall–Kier alpha value is -0.970. The molecule has 1 aliphatic rings. The van der Waals surface area contributed by atoms with Gasteiger partial charge in [-0.2, -0.15) is 13.2 Å². The number of fused-ring (bicyclic) bond motifs is 1. The molecule has 1 N–H and O–H groups in total. The first-order chi connectivity index (χ1) is 8.99. The van der Waals surface area contributed by atoms with E-state index in [-0.39, 0.29) is 6.04 Å². The fraction of sp³-hybridized carbons (Fsp3) is 0.714. The normalized spacial score (nSPS) is 20.1. The fourth-order valence-electron chi connectivity index (χ4n) is 2.74. The summed E-state index contributed by atoms with van der Waals surface area (Å²) >= 11 is 0. The van der Waals surface area contributed by atoms with Crippen LogP contribution in [0.3, 0.4) is 0 Å². The zero-order valence-corrected chi connectivity index (χ0v) is 11.3. The number of nitrogens with zero attached hydrogens (tertiary/aromatic N) is 1. The maximum Gasteiger partial charge on any atom is 0.406 e. The molecule has 0 radical (unpaired) electrons. The fourth-order valence-corrected chi connectivity index (χ4v) is 2.74. The van der Waals surface area contributed by atoms with E-state index in [9.17, 15) is 13.2 Å². The van der Waals surface area contributed by atoms with Gasteiger partial charge in [-0.3, -0.25) is 0 Å². The number of hydrogen-bond donors (Lipinski definition) is 1. The highest BCUT2D eigenvalue weighted by Gasteiger charge is 2.29. The molecule has 0 saturated carbocycles. The summed E-state index contributed by atoms with van der Waals surface area (Å²) in [5, 5.41) is 3.45. The van der Waals surface area contributed by atoms with Gasteiger partial charge in [-0.15, -0.1) is 0 Å². The molecule has 0 bridgehead atoms. The van der Waals surface area contributed by atoms with Gasteiger partial charge in [0.25, 0.3) is 0 Å². The van der Waals surface area contributed by atoms with Crippen LogP contribution in [0.4, 0.5) is 13.2 Å². The Kier molecular flexibility index (Phi) is 4.55. The molecule has 1 atom stereocenters. The first-order valence-electron chi connectivity index (χ1n) is 6.98. The zero-order chi connectivity index (χ0) is 13.9. The average molecular weight is 274 g/mol. The summed E-state index contributed by atoms with van der Waals surface area (Å²) in [7, 11) is 0. The maximum atomic E-state index is 12.4. The van der Waals surface area contributed by atoms with Crippen LogP contribution in [0.15, 0.2) is 12.4 Å². The van der Waals surface area contributed by atoms with Crippen molar-refractivity contribution in [2.24, 2.45) is 0 Å². The Labute approximate surface area is 112 Å². The van der Waals surface area contributed by atoms with Gasteiger partial charge in [0, 0.05) is 18.4 Å². The predicted octanol–water partition coefficient (Wildman–Crippen LogP) is 3.82. The summed E-state index contributed by atoms with van der Waals surface area (Å²) in [6.07, 6.45) is 4.35. The second-order valence-electron chi connectivity index (χ2n) is 5.28. The van der Waals surface area contributed by atoms with Crippen LogP contribution in [0.1, 0.15) is 49.8 Å². The summed E-state index contributed by atoms with van der Waals surface area (Å²) in [6.45, 7) is 2.12. The smallest absolute Gasteiger partial charge is 0.345 e. The third kappa shape index (κ3) is 4.00. The molecular formula is C14H21F3N2. The highest BCUT2D eigenvalue weighted by Crippen LogP contribution is 2.30. The van der Waals surface area contributed by atoms with Gasteiger partial charge in [-0.05, 0) is 43.4 Å². The third-order valence-electron chi connectivity index (χ3n) is 3.56. The Morgan fingerprint density at radius 1 is 1.32 bits per heavy atom. The monoisotopic (exact) mass is 274 g/mol. The predicted molar refractivity (Wildman–Crippen MR) is 69.1 cm³/mol. The van der Waals surface area contributed by atoms with Gasteiger partial charge in [-0.1, -0.05) is 13.3 Å². The van der Waals surface area contributed by atoms with E-state index < -0.39 is 12.7 Å². The van der Waals surface area contributed by atoms with Crippen molar-refractivity contribution < 1.29 is 13.2 Å². The Bertz CT molecular complexity index is 409. The number of hydrogen-bond acceptors (Lipinski definition) is 1. The van der Waals surface area contributed by atoms with Crippen molar-refractivity contribution in [3.05, 3.63) is 23.5 Å². The van der Waals surface area contributed by atoms with E-state index in [4.69, 9.17) is 0 Å². The highest BCUT2D eigenvalue weighted by molar-refractivity contribution is 5.29. The number of halogens is 3. The van der Waals surface area contributed by atoms with Crippen molar-refractivity contribution >= 4 is 0 Å². The van der Waals surface area contributed by atoms with Crippen LogP contribution in [0.25, 0.3) is 0 Å². The molecule has 0 fully saturated rings. The zero-order valence-electron chi connectivity index (χ0n) is 11.3. The topological polar surface area (TPSA) is 17.0 Å². The molecule has 5 heteroatoms. The van der Waals surface area contributed by atoms with Gasteiger partial charge in [0.05, 0.1) is 0 Å². The minimum absolute atomic E-state index is 0.215. The van der Waals surface area contributed by atoms with Crippen LogP contribution >= 0.6 is 0 Å². The number of alkyl halides is 3. The van der Waals surface area contributed by atoms with Crippen LogP contribution in [0.2, 0.25) is 0 Å². The second-order valence-corrected chi connectivity index (χ2v) is 5.28. The molecule has 0 spiro atoms. The molecule has 108 valence electrons. The lowest BCUT2D eigenvalue weighted by atomic mass is 10.0. The largest absolute Gasteiger partial charge is 0.406 e. The molecule has 0 amide bonds. The molecular weight excluding hydrogens is 253 g/mol. The molecule has 19 heavy (non-hydrogen) atoms. The van der Waals surface area contributed by atoms with Crippen molar-refractivity contribution in [1.82, 2.24) is 9.88 Å². The van der Waals surface area contributed by atoms with Crippen molar-refractivity contribution in [3.8, 4) is 0 Å².